The predicted molar refractivity (Wildman–Crippen MR) is 77.8 cm³/mol. The Kier molecular flexibility index (Phi) is 4.33. The summed E-state index contributed by atoms with van der Waals surface area (Å²) in [7, 11) is 0. The number of nitrogens with two attached hydrogens (primary N) is 1. The number of nitrogens with zero attached hydrogens (tertiary/aromatic N) is 2. The minimum Gasteiger partial charge on any atom is -0.367 e. The lowest BCUT2D eigenvalue weighted by Gasteiger charge is -2.17. The van der Waals surface area contributed by atoms with Gasteiger partial charge in [-0.15, -0.1) is 11.3 Å². The van der Waals surface area contributed by atoms with Gasteiger partial charge in [-0.3, -0.25) is 5.43 Å². The molecule has 0 aliphatic heterocycles. The van der Waals surface area contributed by atoms with E-state index in [-0.39, 0.29) is 0 Å². The van der Waals surface area contributed by atoms with Gasteiger partial charge in [-0.2, -0.15) is 4.98 Å². The van der Waals surface area contributed by atoms with Gasteiger partial charge in [0, 0.05) is 6.04 Å². The van der Waals surface area contributed by atoms with Gasteiger partial charge in [0.25, 0.3) is 0 Å². The van der Waals surface area contributed by atoms with Crippen molar-refractivity contribution >= 4 is 33.3 Å². The molecule has 2 heterocycles. The quantitative estimate of drug-likeness (QED) is 0.553. The maximum absolute atomic E-state index is 5.40. The summed E-state index contributed by atoms with van der Waals surface area (Å²) in [5.74, 6) is 6.73. The zero-order valence-corrected chi connectivity index (χ0v) is 11.5. The van der Waals surface area contributed by atoms with Gasteiger partial charge in [-0.05, 0) is 24.3 Å². The van der Waals surface area contributed by atoms with Gasteiger partial charge >= 0.3 is 0 Å². The van der Waals surface area contributed by atoms with E-state index in [2.05, 4.69) is 34.6 Å². The molecule has 2 aromatic heterocycles. The van der Waals surface area contributed by atoms with E-state index in [1.54, 1.807) is 11.3 Å². The number of aromatic nitrogens is 2. The zero-order chi connectivity index (χ0) is 13.0. The van der Waals surface area contributed by atoms with Gasteiger partial charge in [0.15, 0.2) is 0 Å². The van der Waals surface area contributed by atoms with Crippen LogP contribution in [0.25, 0.3) is 10.2 Å². The summed E-state index contributed by atoms with van der Waals surface area (Å²) >= 11 is 1.59. The molecule has 0 aliphatic carbocycles. The molecule has 5 nitrogen and oxygen atoms in total. The van der Waals surface area contributed by atoms with Gasteiger partial charge in [-0.1, -0.05) is 20.3 Å². The minimum absolute atomic E-state index is 0.443. The van der Waals surface area contributed by atoms with Crippen molar-refractivity contribution in [1.29, 1.82) is 0 Å². The number of nitrogens with one attached hydrogen (secondary N) is 2. The summed E-state index contributed by atoms with van der Waals surface area (Å²) in [5.41, 5.74) is 2.52. The molecule has 0 saturated carbocycles. The highest BCUT2D eigenvalue weighted by Gasteiger charge is 2.12. The summed E-state index contributed by atoms with van der Waals surface area (Å²) in [6.45, 7) is 4.37. The number of nitrogen functional groups attached to an aromatic ring is 1. The average Bonchev–Trinajstić information content (AvgIpc) is 2.86. The van der Waals surface area contributed by atoms with E-state index in [1.165, 1.54) is 0 Å². The molecule has 18 heavy (non-hydrogen) atoms. The Labute approximate surface area is 111 Å². The van der Waals surface area contributed by atoms with Crippen molar-refractivity contribution in [2.24, 2.45) is 5.84 Å². The van der Waals surface area contributed by atoms with Crippen LogP contribution in [-0.4, -0.2) is 16.0 Å². The van der Waals surface area contributed by atoms with E-state index in [4.69, 9.17) is 5.84 Å². The first-order valence-corrected chi connectivity index (χ1v) is 7.14. The summed E-state index contributed by atoms with van der Waals surface area (Å²) < 4.78 is 0. The maximum atomic E-state index is 5.40. The summed E-state index contributed by atoms with van der Waals surface area (Å²) in [6.07, 6.45) is 3.37. The van der Waals surface area contributed by atoms with Crippen molar-refractivity contribution in [3.05, 3.63) is 11.4 Å². The topological polar surface area (TPSA) is 75.9 Å². The van der Waals surface area contributed by atoms with E-state index >= 15 is 0 Å². The molecule has 0 spiro atoms. The fourth-order valence-electron chi connectivity index (χ4n) is 1.95. The Bertz CT molecular complexity index is 510. The van der Waals surface area contributed by atoms with Crippen LogP contribution < -0.4 is 16.6 Å². The highest BCUT2D eigenvalue weighted by Crippen LogP contribution is 2.27. The summed E-state index contributed by atoms with van der Waals surface area (Å²) in [4.78, 5) is 9.69. The Hall–Kier alpha value is -1.40. The molecule has 2 rings (SSSR count). The van der Waals surface area contributed by atoms with E-state index < -0.39 is 0 Å². The van der Waals surface area contributed by atoms with Gasteiger partial charge in [0.2, 0.25) is 5.95 Å². The van der Waals surface area contributed by atoms with E-state index in [1.807, 2.05) is 11.4 Å². The molecule has 0 saturated heterocycles. The van der Waals surface area contributed by atoms with Crippen LogP contribution in [0.5, 0.6) is 0 Å². The van der Waals surface area contributed by atoms with Gasteiger partial charge < -0.3 is 5.32 Å². The molecule has 0 amide bonds. The maximum Gasteiger partial charge on any atom is 0.240 e. The first-order valence-electron chi connectivity index (χ1n) is 6.26. The largest absolute Gasteiger partial charge is 0.367 e. The van der Waals surface area contributed by atoms with Crippen LogP contribution in [0.4, 0.5) is 11.8 Å². The van der Waals surface area contributed by atoms with E-state index in [9.17, 15) is 0 Å². The third-order valence-corrected chi connectivity index (χ3v) is 3.73. The monoisotopic (exact) mass is 265 g/mol. The average molecular weight is 265 g/mol. The molecule has 98 valence electrons. The number of thiophene rings is 1. The Morgan fingerprint density at radius 2 is 2.22 bits per heavy atom. The number of fused-ring (bicyclic) bond motifs is 1. The third-order valence-electron chi connectivity index (χ3n) is 2.92. The normalized spacial score (nSPS) is 12.6. The molecule has 0 aliphatic rings. The second-order valence-corrected chi connectivity index (χ2v) is 5.11. The Morgan fingerprint density at radius 1 is 1.39 bits per heavy atom. The first kappa shape index (κ1) is 13.0. The molecule has 4 N–H and O–H groups in total. The molecular weight excluding hydrogens is 246 g/mol. The Morgan fingerprint density at radius 3 is 2.89 bits per heavy atom. The van der Waals surface area contributed by atoms with Crippen LogP contribution in [0, 0.1) is 0 Å². The molecule has 6 heteroatoms. The molecule has 0 radical (unpaired) electrons. The molecule has 0 aromatic carbocycles. The standard InChI is InChI=1S/C12H19N5S/c1-3-5-8(4-2)14-10-9-6-7-18-11(9)16-12(15-10)17-13/h6-8H,3-5,13H2,1-2H3,(H2,14,15,16,17). The van der Waals surface area contributed by atoms with Crippen molar-refractivity contribution in [1.82, 2.24) is 9.97 Å². The van der Waals surface area contributed by atoms with Crippen molar-refractivity contribution < 1.29 is 0 Å². The van der Waals surface area contributed by atoms with Gasteiger partial charge in [0.1, 0.15) is 10.6 Å². The fourth-order valence-corrected chi connectivity index (χ4v) is 2.71. The lowest BCUT2D eigenvalue weighted by molar-refractivity contribution is 0.621. The molecular formula is C12H19N5S. The van der Waals surface area contributed by atoms with Crippen molar-refractivity contribution in [2.45, 2.75) is 39.2 Å². The SMILES string of the molecule is CCCC(CC)Nc1nc(NN)nc2sccc12. The summed E-state index contributed by atoms with van der Waals surface area (Å²) in [5, 5.41) is 6.58. The van der Waals surface area contributed by atoms with E-state index in [0.29, 0.717) is 12.0 Å². The highest BCUT2D eigenvalue weighted by molar-refractivity contribution is 7.16. The zero-order valence-electron chi connectivity index (χ0n) is 10.7. The lowest BCUT2D eigenvalue weighted by atomic mass is 10.1. The van der Waals surface area contributed by atoms with Crippen LogP contribution in [-0.2, 0) is 0 Å². The molecule has 0 bridgehead atoms. The molecule has 1 unspecified atom stereocenters. The number of hydrogen-bond acceptors (Lipinski definition) is 6. The lowest BCUT2D eigenvalue weighted by Crippen LogP contribution is -2.20. The van der Waals surface area contributed by atoms with Gasteiger partial charge in [-0.25, -0.2) is 10.8 Å². The van der Waals surface area contributed by atoms with Crippen molar-refractivity contribution in [3.8, 4) is 0 Å². The minimum atomic E-state index is 0.443. The van der Waals surface area contributed by atoms with Crippen molar-refractivity contribution in [2.75, 3.05) is 10.7 Å². The highest BCUT2D eigenvalue weighted by atomic mass is 32.1. The Balaban J connectivity index is 2.32. The van der Waals surface area contributed by atoms with Crippen molar-refractivity contribution in [3.63, 3.8) is 0 Å². The van der Waals surface area contributed by atoms with E-state index in [0.717, 1.165) is 35.3 Å². The smallest absolute Gasteiger partial charge is 0.240 e. The predicted octanol–water partition coefficient (Wildman–Crippen LogP) is 2.97. The van der Waals surface area contributed by atoms with Crippen LogP contribution in [0.3, 0.4) is 0 Å². The third kappa shape index (κ3) is 2.70. The number of anilines is 2. The van der Waals surface area contributed by atoms with Crippen LogP contribution >= 0.6 is 11.3 Å². The number of rotatable bonds is 6. The molecule has 1 atom stereocenters. The second kappa shape index (κ2) is 5.97. The number of hydrazine groups is 1. The number of hydrogen-bond donors (Lipinski definition) is 3. The van der Waals surface area contributed by atoms with Crippen LogP contribution in [0.1, 0.15) is 33.1 Å². The molecule has 2 aromatic rings. The van der Waals surface area contributed by atoms with Crippen LogP contribution in [0.15, 0.2) is 11.4 Å². The first-order chi connectivity index (χ1) is 8.78. The fraction of sp³-hybridized carbons (Fsp3) is 0.500. The molecule has 0 fully saturated rings. The van der Waals surface area contributed by atoms with Gasteiger partial charge in [0.05, 0.1) is 5.39 Å². The second-order valence-electron chi connectivity index (χ2n) is 4.22. The van der Waals surface area contributed by atoms with Crippen LogP contribution in [0.2, 0.25) is 0 Å². The summed E-state index contributed by atoms with van der Waals surface area (Å²) in [6, 6.07) is 2.49.